The van der Waals surface area contributed by atoms with Crippen LogP contribution in [-0.2, 0) is 9.59 Å². The van der Waals surface area contributed by atoms with Gasteiger partial charge in [-0.2, -0.15) is 0 Å². The normalized spacial score (nSPS) is 13.4. The van der Waals surface area contributed by atoms with E-state index in [2.05, 4.69) is 10.6 Å². The largest absolute Gasteiger partial charge is 0.359 e. The van der Waals surface area contributed by atoms with E-state index in [-0.39, 0.29) is 18.2 Å². The van der Waals surface area contributed by atoms with Crippen molar-refractivity contribution in [2.24, 2.45) is 11.7 Å². The molecule has 5 heteroatoms. The van der Waals surface area contributed by atoms with E-state index in [0.29, 0.717) is 6.54 Å². The molecule has 1 atom stereocenters. The average molecular weight is 201 g/mol. The standard InChI is InChI=1S/C9H19N3O2/c1-9(2,10)12-5-7(6-13)4-8(14)11-3/h6-7,12H,4-5,10H2,1-3H3,(H,11,14). The van der Waals surface area contributed by atoms with E-state index in [1.54, 1.807) is 20.9 Å². The molecule has 0 saturated carbocycles. The van der Waals surface area contributed by atoms with Crippen LogP contribution in [0, 0.1) is 5.92 Å². The van der Waals surface area contributed by atoms with Crippen LogP contribution < -0.4 is 16.4 Å². The Hall–Kier alpha value is -0.940. The fraction of sp³-hybridized carbons (Fsp3) is 0.778. The van der Waals surface area contributed by atoms with Gasteiger partial charge >= 0.3 is 0 Å². The van der Waals surface area contributed by atoms with Gasteiger partial charge in [0.25, 0.3) is 0 Å². The second-order valence-electron chi connectivity index (χ2n) is 3.88. The summed E-state index contributed by atoms with van der Waals surface area (Å²) in [5, 5.41) is 5.44. The van der Waals surface area contributed by atoms with Crippen molar-refractivity contribution >= 4 is 12.2 Å². The third-order valence-electron chi connectivity index (χ3n) is 1.74. The quantitative estimate of drug-likeness (QED) is 0.389. The van der Waals surface area contributed by atoms with E-state index in [0.717, 1.165) is 6.29 Å². The van der Waals surface area contributed by atoms with Gasteiger partial charge in [-0.1, -0.05) is 0 Å². The molecule has 0 aliphatic carbocycles. The van der Waals surface area contributed by atoms with Crippen LogP contribution in [0.1, 0.15) is 20.3 Å². The van der Waals surface area contributed by atoms with Crippen molar-refractivity contribution in [3.63, 3.8) is 0 Å². The van der Waals surface area contributed by atoms with E-state index < -0.39 is 5.66 Å². The number of nitrogens with two attached hydrogens (primary N) is 1. The smallest absolute Gasteiger partial charge is 0.220 e. The zero-order valence-corrected chi connectivity index (χ0v) is 8.96. The van der Waals surface area contributed by atoms with Gasteiger partial charge < -0.3 is 15.8 Å². The summed E-state index contributed by atoms with van der Waals surface area (Å²) in [5.74, 6) is -0.462. The van der Waals surface area contributed by atoms with Gasteiger partial charge in [-0.15, -0.1) is 0 Å². The lowest BCUT2D eigenvalue weighted by atomic mass is 10.1. The van der Waals surface area contributed by atoms with E-state index in [1.807, 2.05) is 0 Å². The van der Waals surface area contributed by atoms with Crippen LogP contribution in [0.3, 0.4) is 0 Å². The number of carbonyl (C=O) groups is 2. The highest BCUT2D eigenvalue weighted by atomic mass is 16.1. The highest BCUT2D eigenvalue weighted by Crippen LogP contribution is 2.00. The first-order valence-corrected chi connectivity index (χ1v) is 4.59. The van der Waals surface area contributed by atoms with Crippen LogP contribution in [0.2, 0.25) is 0 Å². The highest BCUT2D eigenvalue weighted by molar-refractivity contribution is 5.78. The first-order valence-electron chi connectivity index (χ1n) is 4.59. The number of aldehydes is 1. The molecule has 0 aromatic carbocycles. The van der Waals surface area contributed by atoms with Crippen LogP contribution in [0.5, 0.6) is 0 Å². The summed E-state index contributed by atoms with van der Waals surface area (Å²) >= 11 is 0. The second kappa shape index (κ2) is 5.72. The predicted molar refractivity (Wildman–Crippen MR) is 54.5 cm³/mol. The molecule has 0 fully saturated rings. The minimum atomic E-state index is -0.524. The van der Waals surface area contributed by atoms with Gasteiger partial charge in [0.1, 0.15) is 6.29 Å². The van der Waals surface area contributed by atoms with E-state index in [9.17, 15) is 9.59 Å². The lowest BCUT2D eigenvalue weighted by molar-refractivity contribution is -0.124. The maximum absolute atomic E-state index is 11.0. The second-order valence-corrected chi connectivity index (χ2v) is 3.88. The Balaban J connectivity index is 3.92. The number of amides is 1. The van der Waals surface area contributed by atoms with Crippen LogP contribution in [0.25, 0.3) is 0 Å². The van der Waals surface area contributed by atoms with Crippen molar-refractivity contribution < 1.29 is 9.59 Å². The molecule has 1 unspecified atom stereocenters. The Kier molecular flexibility index (Phi) is 5.34. The van der Waals surface area contributed by atoms with Crippen molar-refractivity contribution in [1.29, 1.82) is 0 Å². The third kappa shape index (κ3) is 6.56. The molecule has 0 aromatic heterocycles. The molecule has 0 aromatic rings. The van der Waals surface area contributed by atoms with Crippen molar-refractivity contribution in [1.82, 2.24) is 10.6 Å². The van der Waals surface area contributed by atoms with Crippen molar-refractivity contribution in [3.05, 3.63) is 0 Å². The molecule has 0 heterocycles. The van der Waals surface area contributed by atoms with Gasteiger partial charge in [0.05, 0.1) is 5.66 Å². The fourth-order valence-corrected chi connectivity index (χ4v) is 0.903. The van der Waals surface area contributed by atoms with Gasteiger partial charge in [0.2, 0.25) is 5.91 Å². The molecule has 14 heavy (non-hydrogen) atoms. The van der Waals surface area contributed by atoms with Crippen molar-refractivity contribution in [3.8, 4) is 0 Å². The van der Waals surface area contributed by atoms with E-state index in [1.165, 1.54) is 0 Å². The number of hydrogen-bond acceptors (Lipinski definition) is 4. The number of carbonyl (C=O) groups excluding carboxylic acids is 2. The molecule has 4 N–H and O–H groups in total. The van der Waals surface area contributed by atoms with Crippen LogP contribution in [0.4, 0.5) is 0 Å². The number of hydrogen-bond donors (Lipinski definition) is 3. The molecule has 0 spiro atoms. The zero-order chi connectivity index (χ0) is 11.2. The topological polar surface area (TPSA) is 84.2 Å². The summed E-state index contributed by atoms with van der Waals surface area (Å²) in [6.07, 6.45) is 0.969. The van der Waals surface area contributed by atoms with Crippen LogP contribution in [-0.4, -0.2) is 31.4 Å². The summed E-state index contributed by atoms with van der Waals surface area (Å²) in [7, 11) is 1.55. The first kappa shape index (κ1) is 13.1. The lowest BCUT2D eigenvalue weighted by Crippen LogP contribution is -2.50. The Morgan fingerprint density at radius 2 is 2.14 bits per heavy atom. The van der Waals surface area contributed by atoms with E-state index in [4.69, 9.17) is 5.73 Å². The molecule has 5 nitrogen and oxygen atoms in total. The molecule has 0 aliphatic rings. The average Bonchev–Trinajstić information content (AvgIpc) is 2.10. The lowest BCUT2D eigenvalue weighted by Gasteiger charge is -2.22. The maximum Gasteiger partial charge on any atom is 0.220 e. The summed E-state index contributed by atoms with van der Waals surface area (Å²) in [5.41, 5.74) is 5.15. The van der Waals surface area contributed by atoms with Gasteiger partial charge in [-0.05, 0) is 13.8 Å². The first-order chi connectivity index (χ1) is 6.39. The molecular formula is C9H19N3O2. The molecule has 0 rings (SSSR count). The van der Waals surface area contributed by atoms with Crippen molar-refractivity contribution in [2.45, 2.75) is 25.9 Å². The highest BCUT2D eigenvalue weighted by Gasteiger charge is 2.16. The van der Waals surface area contributed by atoms with Crippen molar-refractivity contribution in [2.75, 3.05) is 13.6 Å². The van der Waals surface area contributed by atoms with E-state index >= 15 is 0 Å². The fourth-order valence-electron chi connectivity index (χ4n) is 0.903. The Bertz CT molecular complexity index is 199. The molecule has 0 bridgehead atoms. The Labute approximate surface area is 84.4 Å². The third-order valence-corrected chi connectivity index (χ3v) is 1.74. The van der Waals surface area contributed by atoms with Gasteiger partial charge in [-0.3, -0.25) is 10.1 Å². The molecule has 0 saturated heterocycles. The Morgan fingerprint density at radius 1 is 1.57 bits per heavy atom. The monoisotopic (exact) mass is 201 g/mol. The SMILES string of the molecule is CNC(=O)CC(C=O)CNC(C)(C)N. The van der Waals surface area contributed by atoms with Gasteiger partial charge in [0.15, 0.2) is 0 Å². The van der Waals surface area contributed by atoms with Gasteiger partial charge in [-0.25, -0.2) is 0 Å². The molecule has 82 valence electrons. The summed E-state index contributed by atoms with van der Waals surface area (Å²) in [4.78, 5) is 21.6. The zero-order valence-electron chi connectivity index (χ0n) is 8.96. The number of rotatable bonds is 6. The minimum Gasteiger partial charge on any atom is -0.359 e. The number of nitrogens with one attached hydrogen (secondary N) is 2. The summed E-state index contributed by atoms with van der Waals surface area (Å²) < 4.78 is 0. The predicted octanol–water partition coefficient (Wildman–Crippen LogP) is -0.778. The summed E-state index contributed by atoms with van der Waals surface area (Å²) in [6.45, 7) is 4.02. The molecule has 1 amide bonds. The van der Waals surface area contributed by atoms with Gasteiger partial charge in [0, 0.05) is 25.9 Å². The van der Waals surface area contributed by atoms with Crippen LogP contribution >= 0.6 is 0 Å². The Morgan fingerprint density at radius 3 is 2.50 bits per heavy atom. The van der Waals surface area contributed by atoms with Crippen LogP contribution in [0.15, 0.2) is 0 Å². The summed E-state index contributed by atoms with van der Waals surface area (Å²) in [6, 6.07) is 0. The molecule has 0 aliphatic heterocycles. The maximum atomic E-state index is 11.0. The minimum absolute atomic E-state index is 0.140. The molecular weight excluding hydrogens is 182 g/mol. The molecule has 0 radical (unpaired) electrons.